The van der Waals surface area contributed by atoms with Crippen LogP contribution >= 0.6 is 15.9 Å². The summed E-state index contributed by atoms with van der Waals surface area (Å²) in [6, 6.07) is 0.276. The topological polar surface area (TPSA) is 46.9 Å². The third kappa shape index (κ3) is 2.86. The van der Waals surface area contributed by atoms with Crippen LogP contribution in [-0.2, 0) is 7.05 Å². The van der Waals surface area contributed by atoms with Crippen molar-refractivity contribution in [2.24, 2.45) is 18.9 Å². The maximum absolute atomic E-state index is 12.4. The molecule has 1 aliphatic rings. The van der Waals surface area contributed by atoms with Gasteiger partial charge in [0.05, 0.1) is 10.2 Å². The number of nitrogens with zero attached hydrogens (tertiary/aromatic N) is 2. The number of nitrogens with one attached hydrogen (secondary N) is 1. The van der Waals surface area contributed by atoms with Gasteiger partial charge in [0.25, 0.3) is 5.91 Å². The highest BCUT2D eigenvalue weighted by Gasteiger charge is 2.29. The van der Waals surface area contributed by atoms with E-state index in [0.717, 1.165) is 16.6 Å². The van der Waals surface area contributed by atoms with E-state index in [2.05, 4.69) is 40.2 Å². The lowest BCUT2D eigenvalue weighted by molar-refractivity contribution is 0.0880. The molecule has 0 spiro atoms. The van der Waals surface area contributed by atoms with Gasteiger partial charge in [0.2, 0.25) is 0 Å². The minimum atomic E-state index is -0.0269. The van der Waals surface area contributed by atoms with Crippen LogP contribution in [0.4, 0.5) is 0 Å². The van der Waals surface area contributed by atoms with Gasteiger partial charge in [0.1, 0.15) is 5.69 Å². The van der Waals surface area contributed by atoms with Crippen LogP contribution in [-0.4, -0.2) is 21.7 Å². The molecule has 3 atom stereocenters. The van der Waals surface area contributed by atoms with E-state index < -0.39 is 0 Å². The fourth-order valence-corrected chi connectivity index (χ4v) is 3.42. The molecule has 1 fully saturated rings. The fourth-order valence-electron chi connectivity index (χ4n) is 2.90. The summed E-state index contributed by atoms with van der Waals surface area (Å²) in [4.78, 5) is 12.4. The van der Waals surface area contributed by atoms with E-state index in [-0.39, 0.29) is 11.9 Å². The summed E-state index contributed by atoms with van der Waals surface area (Å²) in [5.41, 5.74) is 1.46. The monoisotopic (exact) mass is 327 g/mol. The van der Waals surface area contributed by atoms with Gasteiger partial charge < -0.3 is 5.32 Å². The van der Waals surface area contributed by atoms with Gasteiger partial charge in [-0.05, 0) is 41.1 Å². The Morgan fingerprint density at radius 2 is 2.11 bits per heavy atom. The normalized spacial score (nSPS) is 27.3. The molecular formula is C14H22BrN3O. The predicted molar refractivity (Wildman–Crippen MR) is 79.1 cm³/mol. The van der Waals surface area contributed by atoms with E-state index in [1.54, 1.807) is 11.7 Å². The van der Waals surface area contributed by atoms with Crippen LogP contribution in [0, 0.1) is 18.8 Å². The van der Waals surface area contributed by atoms with E-state index in [0.29, 0.717) is 17.5 Å². The second-order valence-corrected chi connectivity index (χ2v) is 6.51. The van der Waals surface area contributed by atoms with Crippen LogP contribution in [0.1, 0.15) is 49.3 Å². The Morgan fingerprint density at radius 3 is 2.68 bits per heavy atom. The van der Waals surface area contributed by atoms with Crippen molar-refractivity contribution in [3.63, 3.8) is 0 Å². The molecule has 0 radical (unpaired) electrons. The lowest BCUT2D eigenvalue weighted by atomic mass is 9.78. The second kappa shape index (κ2) is 5.65. The van der Waals surface area contributed by atoms with E-state index in [9.17, 15) is 4.79 Å². The van der Waals surface area contributed by atoms with E-state index in [4.69, 9.17) is 0 Å². The highest BCUT2D eigenvalue weighted by Crippen LogP contribution is 2.30. The van der Waals surface area contributed by atoms with Gasteiger partial charge in [-0.2, -0.15) is 5.10 Å². The summed E-state index contributed by atoms with van der Waals surface area (Å²) in [7, 11) is 1.81. The lowest BCUT2D eigenvalue weighted by Crippen LogP contribution is -2.44. The lowest BCUT2D eigenvalue weighted by Gasteiger charge is -2.34. The van der Waals surface area contributed by atoms with Crippen molar-refractivity contribution in [1.82, 2.24) is 15.1 Å². The number of rotatable bonds is 2. The molecule has 1 heterocycles. The number of amides is 1. The SMILES string of the molecule is Cc1nn(C)c(C(=O)N[C@@H]2CCC[C@H](C)[C@@H]2C)c1Br. The molecule has 1 aromatic rings. The molecule has 0 saturated heterocycles. The Bertz CT molecular complexity index is 483. The zero-order valence-corrected chi connectivity index (χ0v) is 13.6. The molecule has 4 nitrogen and oxygen atoms in total. The largest absolute Gasteiger partial charge is 0.348 e. The quantitative estimate of drug-likeness (QED) is 0.907. The standard InChI is InChI=1S/C14H22BrN3O/c1-8-6-5-7-11(9(8)2)16-14(19)13-12(15)10(3)17-18(13)4/h8-9,11H,5-7H2,1-4H3,(H,16,19)/t8-,9-,11+/m0/s1. The van der Waals surface area contributed by atoms with Crippen LogP contribution in [0.5, 0.6) is 0 Å². The summed E-state index contributed by atoms with van der Waals surface area (Å²) < 4.78 is 2.44. The summed E-state index contributed by atoms with van der Waals surface area (Å²) in [5, 5.41) is 7.45. The molecule has 5 heteroatoms. The van der Waals surface area contributed by atoms with Gasteiger partial charge in [0.15, 0.2) is 0 Å². The van der Waals surface area contributed by atoms with Crippen molar-refractivity contribution in [2.45, 2.75) is 46.1 Å². The number of carbonyl (C=O) groups is 1. The van der Waals surface area contributed by atoms with Crippen LogP contribution in [0.3, 0.4) is 0 Å². The molecule has 1 aliphatic carbocycles. The van der Waals surface area contributed by atoms with Gasteiger partial charge in [-0.15, -0.1) is 0 Å². The number of carbonyl (C=O) groups excluding carboxylic acids is 1. The molecular weight excluding hydrogens is 306 g/mol. The number of hydrogen-bond donors (Lipinski definition) is 1. The highest BCUT2D eigenvalue weighted by atomic mass is 79.9. The number of aromatic nitrogens is 2. The van der Waals surface area contributed by atoms with Crippen molar-refractivity contribution in [1.29, 1.82) is 0 Å². The van der Waals surface area contributed by atoms with Gasteiger partial charge in [0, 0.05) is 13.1 Å². The molecule has 106 valence electrons. The summed E-state index contributed by atoms with van der Waals surface area (Å²) in [6.07, 6.45) is 3.54. The third-order valence-electron chi connectivity index (χ3n) is 4.39. The third-order valence-corrected chi connectivity index (χ3v) is 5.34. The maximum Gasteiger partial charge on any atom is 0.270 e. The molecule has 19 heavy (non-hydrogen) atoms. The number of hydrogen-bond acceptors (Lipinski definition) is 2. The molecule has 1 N–H and O–H groups in total. The predicted octanol–water partition coefficient (Wildman–Crippen LogP) is 3.05. The molecule has 1 saturated carbocycles. The van der Waals surface area contributed by atoms with Crippen LogP contribution in [0.25, 0.3) is 0 Å². The first-order chi connectivity index (χ1) is 8.91. The van der Waals surface area contributed by atoms with Crippen molar-refractivity contribution in [2.75, 3.05) is 0 Å². The average Bonchev–Trinajstić information content (AvgIpc) is 2.59. The Hall–Kier alpha value is -0.840. The first kappa shape index (κ1) is 14.6. The minimum absolute atomic E-state index is 0.0269. The average molecular weight is 328 g/mol. The van der Waals surface area contributed by atoms with Gasteiger partial charge >= 0.3 is 0 Å². The summed E-state index contributed by atoms with van der Waals surface area (Å²) in [6.45, 7) is 6.40. The summed E-state index contributed by atoms with van der Waals surface area (Å²) in [5.74, 6) is 1.18. The molecule has 0 aromatic carbocycles. The second-order valence-electron chi connectivity index (χ2n) is 5.72. The van der Waals surface area contributed by atoms with Crippen molar-refractivity contribution < 1.29 is 4.79 Å². The smallest absolute Gasteiger partial charge is 0.270 e. The summed E-state index contributed by atoms with van der Waals surface area (Å²) >= 11 is 3.45. The van der Waals surface area contributed by atoms with Gasteiger partial charge in [-0.1, -0.05) is 26.7 Å². The van der Waals surface area contributed by atoms with Gasteiger partial charge in [-0.3, -0.25) is 9.48 Å². The molecule has 0 aliphatic heterocycles. The Kier molecular flexibility index (Phi) is 4.33. The van der Waals surface area contributed by atoms with Crippen LogP contribution in [0.2, 0.25) is 0 Å². The molecule has 2 rings (SSSR count). The number of aryl methyl sites for hydroxylation is 2. The fraction of sp³-hybridized carbons (Fsp3) is 0.714. The van der Waals surface area contributed by atoms with Crippen molar-refractivity contribution in [3.8, 4) is 0 Å². The Morgan fingerprint density at radius 1 is 1.42 bits per heavy atom. The Balaban J connectivity index is 2.12. The van der Waals surface area contributed by atoms with Crippen LogP contribution in [0.15, 0.2) is 4.47 Å². The van der Waals surface area contributed by atoms with E-state index in [1.807, 2.05) is 6.92 Å². The zero-order valence-electron chi connectivity index (χ0n) is 12.0. The van der Waals surface area contributed by atoms with E-state index >= 15 is 0 Å². The molecule has 0 unspecified atom stereocenters. The first-order valence-corrected chi connectivity index (χ1v) is 7.71. The van der Waals surface area contributed by atoms with E-state index in [1.165, 1.54) is 12.8 Å². The number of halogens is 1. The van der Waals surface area contributed by atoms with Crippen molar-refractivity contribution >= 4 is 21.8 Å². The maximum atomic E-state index is 12.4. The molecule has 1 amide bonds. The molecule has 0 bridgehead atoms. The Labute approximate surface area is 123 Å². The first-order valence-electron chi connectivity index (χ1n) is 6.91. The van der Waals surface area contributed by atoms with Crippen molar-refractivity contribution in [3.05, 3.63) is 15.9 Å². The van der Waals surface area contributed by atoms with Crippen LogP contribution < -0.4 is 5.32 Å². The molecule has 1 aromatic heterocycles. The van der Waals surface area contributed by atoms with Gasteiger partial charge in [-0.25, -0.2) is 0 Å². The zero-order chi connectivity index (χ0) is 14.2. The minimum Gasteiger partial charge on any atom is -0.348 e. The highest BCUT2D eigenvalue weighted by molar-refractivity contribution is 9.10.